The summed E-state index contributed by atoms with van der Waals surface area (Å²) in [6, 6.07) is 15.0. The molecule has 2 fully saturated rings. The first-order chi connectivity index (χ1) is 14.7. The average Bonchev–Trinajstić information content (AvgIpc) is 3.41. The molecule has 5 rings (SSSR count). The van der Waals surface area contributed by atoms with Gasteiger partial charge in [-0.3, -0.25) is 4.68 Å². The van der Waals surface area contributed by atoms with Crippen LogP contribution in [0.15, 0.2) is 60.9 Å². The van der Waals surface area contributed by atoms with Crippen LogP contribution < -0.4 is 4.90 Å². The average molecular weight is 406 g/mol. The largest absolute Gasteiger partial charge is 0.478 e. The van der Waals surface area contributed by atoms with E-state index in [-0.39, 0.29) is 23.8 Å². The van der Waals surface area contributed by atoms with Crippen molar-refractivity contribution in [3.8, 4) is 11.3 Å². The van der Waals surface area contributed by atoms with E-state index in [0.29, 0.717) is 32.1 Å². The fourth-order valence-corrected chi connectivity index (χ4v) is 4.03. The van der Waals surface area contributed by atoms with Crippen molar-refractivity contribution in [2.75, 3.05) is 31.2 Å². The van der Waals surface area contributed by atoms with Crippen molar-refractivity contribution in [3.05, 3.63) is 66.5 Å². The number of carboxylic acids is 1. The van der Waals surface area contributed by atoms with Crippen LogP contribution in [0, 0.1) is 0 Å². The van der Waals surface area contributed by atoms with Gasteiger partial charge in [0, 0.05) is 31.0 Å². The van der Waals surface area contributed by atoms with E-state index in [4.69, 9.17) is 14.5 Å². The summed E-state index contributed by atoms with van der Waals surface area (Å²) in [7, 11) is 0. The Balaban J connectivity index is 1.38. The zero-order valence-corrected chi connectivity index (χ0v) is 16.3. The highest BCUT2D eigenvalue weighted by Gasteiger charge is 2.39. The van der Waals surface area contributed by atoms with Gasteiger partial charge < -0.3 is 19.5 Å². The van der Waals surface area contributed by atoms with Gasteiger partial charge in [0.05, 0.1) is 24.9 Å². The minimum atomic E-state index is -0.996. The molecule has 30 heavy (non-hydrogen) atoms. The van der Waals surface area contributed by atoms with E-state index in [1.807, 2.05) is 52.2 Å². The molecule has 0 radical (unpaired) electrons. The molecule has 0 aliphatic carbocycles. The maximum Gasteiger partial charge on any atom is 0.339 e. The monoisotopic (exact) mass is 406 g/mol. The van der Waals surface area contributed by atoms with Gasteiger partial charge in [0.25, 0.3) is 0 Å². The van der Waals surface area contributed by atoms with Crippen LogP contribution in [0.1, 0.15) is 16.4 Å². The van der Waals surface area contributed by atoms with Crippen molar-refractivity contribution in [1.29, 1.82) is 0 Å². The Labute approximate surface area is 173 Å². The predicted octanol–water partition coefficient (Wildman–Crippen LogP) is 2.49. The summed E-state index contributed by atoms with van der Waals surface area (Å²) in [6.45, 7) is 2.06. The molecule has 0 unspecified atom stereocenters. The van der Waals surface area contributed by atoms with Gasteiger partial charge in [-0.1, -0.05) is 30.3 Å². The lowest BCUT2D eigenvalue weighted by Gasteiger charge is -2.21. The van der Waals surface area contributed by atoms with Crippen molar-refractivity contribution in [2.24, 2.45) is 0 Å². The highest BCUT2D eigenvalue weighted by Crippen LogP contribution is 2.30. The van der Waals surface area contributed by atoms with E-state index >= 15 is 0 Å². The first-order valence-corrected chi connectivity index (χ1v) is 9.96. The standard InChI is InChI=1S/C22H22N4O4/c27-22(28)17-7-8-18(15-5-2-1-3-6-15)24-21(17)25-11-19-20(12-25)30-14-16(13-29-19)26-10-4-9-23-26/h1-10,16,19-20H,11-14H2,(H,27,28)/t19-,20-/m0/s1. The second-order valence-corrected chi connectivity index (χ2v) is 7.53. The molecule has 1 aromatic carbocycles. The second kappa shape index (κ2) is 7.89. The number of carboxylic acid groups (broad SMARTS) is 1. The smallest absolute Gasteiger partial charge is 0.339 e. The number of pyridine rings is 1. The molecule has 0 bridgehead atoms. The first-order valence-electron chi connectivity index (χ1n) is 9.96. The Kier molecular flexibility index (Phi) is 4.94. The van der Waals surface area contributed by atoms with Crippen LogP contribution in [0.2, 0.25) is 0 Å². The lowest BCUT2D eigenvalue weighted by atomic mass is 10.1. The van der Waals surface area contributed by atoms with Crippen molar-refractivity contribution in [1.82, 2.24) is 14.8 Å². The van der Waals surface area contributed by atoms with Crippen LogP contribution in [0.25, 0.3) is 11.3 Å². The van der Waals surface area contributed by atoms with Crippen molar-refractivity contribution in [2.45, 2.75) is 18.2 Å². The molecule has 2 aliphatic heterocycles. The lowest BCUT2D eigenvalue weighted by molar-refractivity contribution is -0.00461. The molecule has 2 saturated heterocycles. The first kappa shape index (κ1) is 18.8. The van der Waals surface area contributed by atoms with Gasteiger partial charge in [-0.05, 0) is 18.2 Å². The van der Waals surface area contributed by atoms with Crippen LogP contribution in [-0.2, 0) is 9.47 Å². The molecule has 3 aromatic rings. The number of hydrogen-bond acceptors (Lipinski definition) is 6. The quantitative estimate of drug-likeness (QED) is 0.712. The molecule has 0 saturated carbocycles. The highest BCUT2D eigenvalue weighted by atomic mass is 16.6. The third kappa shape index (κ3) is 3.55. The summed E-state index contributed by atoms with van der Waals surface area (Å²) < 4.78 is 14.1. The Hall–Kier alpha value is -3.23. The molecule has 154 valence electrons. The summed E-state index contributed by atoms with van der Waals surface area (Å²) >= 11 is 0. The Morgan fingerprint density at radius 3 is 2.37 bits per heavy atom. The van der Waals surface area contributed by atoms with Gasteiger partial charge in [-0.25, -0.2) is 9.78 Å². The van der Waals surface area contributed by atoms with E-state index in [2.05, 4.69) is 5.10 Å². The summed E-state index contributed by atoms with van der Waals surface area (Å²) in [5, 5.41) is 14.0. The lowest BCUT2D eigenvalue weighted by Crippen LogP contribution is -2.27. The topological polar surface area (TPSA) is 89.7 Å². The van der Waals surface area contributed by atoms with Gasteiger partial charge in [0.1, 0.15) is 23.6 Å². The minimum Gasteiger partial charge on any atom is -0.478 e. The number of carbonyl (C=O) groups is 1. The fraction of sp³-hybridized carbons (Fsp3) is 0.318. The third-order valence-corrected chi connectivity index (χ3v) is 5.59. The van der Waals surface area contributed by atoms with Crippen LogP contribution in [-0.4, -0.2) is 64.4 Å². The molecule has 8 nitrogen and oxygen atoms in total. The van der Waals surface area contributed by atoms with Gasteiger partial charge in [-0.15, -0.1) is 0 Å². The third-order valence-electron chi connectivity index (χ3n) is 5.59. The molecule has 4 heterocycles. The van der Waals surface area contributed by atoms with Crippen LogP contribution in [0.3, 0.4) is 0 Å². The van der Waals surface area contributed by atoms with Crippen LogP contribution in [0.4, 0.5) is 5.82 Å². The van der Waals surface area contributed by atoms with E-state index < -0.39 is 5.97 Å². The van der Waals surface area contributed by atoms with E-state index in [9.17, 15) is 9.90 Å². The molecule has 0 spiro atoms. The number of hydrogen-bond donors (Lipinski definition) is 1. The van der Waals surface area contributed by atoms with Gasteiger partial charge >= 0.3 is 5.97 Å². The summed E-state index contributed by atoms with van der Waals surface area (Å²) in [6.07, 6.45) is 3.36. The number of nitrogens with zero attached hydrogens (tertiary/aromatic N) is 4. The molecule has 1 N–H and O–H groups in total. The maximum atomic E-state index is 11.8. The van der Waals surface area contributed by atoms with E-state index in [0.717, 1.165) is 11.3 Å². The van der Waals surface area contributed by atoms with Crippen LogP contribution in [0.5, 0.6) is 0 Å². The van der Waals surface area contributed by atoms with E-state index in [1.54, 1.807) is 18.3 Å². The second-order valence-electron chi connectivity index (χ2n) is 7.53. The Bertz CT molecular complexity index is 1010. The Morgan fingerprint density at radius 1 is 1.00 bits per heavy atom. The molecule has 8 heteroatoms. The number of anilines is 1. The molecule has 2 aliphatic rings. The summed E-state index contributed by atoms with van der Waals surface area (Å²) in [4.78, 5) is 18.5. The molecular formula is C22H22N4O4. The zero-order chi connectivity index (χ0) is 20.5. The van der Waals surface area contributed by atoms with E-state index in [1.165, 1.54) is 0 Å². The number of aromatic carboxylic acids is 1. The SMILES string of the molecule is O=C(O)c1ccc(-c2ccccc2)nc1N1C[C@@H]2OCC(n3cccn3)CO[C@H]2C1. The number of fused-ring (bicyclic) bond motifs is 1. The van der Waals surface area contributed by atoms with Crippen molar-refractivity contribution in [3.63, 3.8) is 0 Å². The predicted molar refractivity (Wildman–Crippen MR) is 110 cm³/mol. The maximum absolute atomic E-state index is 11.8. The number of benzene rings is 1. The highest BCUT2D eigenvalue weighted by molar-refractivity contribution is 5.94. The zero-order valence-electron chi connectivity index (χ0n) is 16.3. The summed E-state index contributed by atoms with van der Waals surface area (Å²) in [5.74, 6) is -0.544. The van der Waals surface area contributed by atoms with Crippen LogP contribution >= 0.6 is 0 Å². The van der Waals surface area contributed by atoms with Gasteiger partial charge in [-0.2, -0.15) is 5.10 Å². The Morgan fingerprint density at radius 2 is 1.73 bits per heavy atom. The van der Waals surface area contributed by atoms with Crippen molar-refractivity contribution < 1.29 is 19.4 Å². The minimum absolute atomic E-state index is 0.0353. The molecule has 2 aromatic heterocycles. The van der Waals surface area contributed by atoms with Crippen molar-refractivity contribution >= 4 is 11.8 Å². The summed E-state index contributed by atoms with van der Waals surface area (Å²) in [5.41, 5.74) is 1.86. The fourth-order valence-electron chi connectivity index (χ4n) is 4.03. The molecule has 2 atom stereocenters. The number of aromatic nitrogens is 3. The van der Waals surface area contributed by atoms with Gasteiger partial charge in [0.2, 0.25) is 0 Å². The number of rotatable bonds is 4. The molecular weight excluding hydrogens is 384 g/mol. The molecule has 0 amide bonds. The number of ether oxygens (including phenoxy) is 2. The normalized spacial score (nSPS) is 21.9. The van der Waals surface area contributed by atoms with Gasteiger partial charge in [0.15, 0.2) is 0 Å².